The molecule has 0 saturated carbocycles. The average Bonchev–Trinajstić information content (AvgIpc) is 2.61. The molecular weight excluding hydrogens is 204 g/mol. The van der Waals surface area contributed by atoms with Crippen molar-refractivity contribution in [3.8, 4) is 0 Å². The van der Waals surface area contributed by atoms with Gasteiger partial charge in [-0.25, -0.2) is 0 Å². The molecule has 2 rings (SSSR count). The molecule has 4 nitrogen and oxygen atoms in total. The Morgan fingerprint density at radius 3 is 2.94 bits per heavy atom. The summed E-state index contributed by atoms with van der Waals surface area (Å²) in [5, 5.41) is 16.7. The number of rotatable bonds is 3. The van der Waals surface area contributed by atoms with Crippen LogP contribution in [0.25, 0.3) is 10.9 Å². The van der Waals surface area contributed by atoms with Crippen molar-refractivity contribution < 1.29 is 9.90 Å². The highest BCUT2D eigenvalue weighted by atomic mass is 16.4. The van der Waals surface area contributed by atoms with Gasteiger partial charge in [0.2, 0.25) is 0 Å². The van der Waals surface area contributed by atoms with Crippen LogP contribution in [0.5, 0.6) is 0 Å². The van der Waals surface area contributed by atoms with Gasteiger partial charge in [0, 0.05) is 10.8 Å². The molecule has 2 aromatic rings. The molecule has 2 N–H and O–H groups in total. The van der Waals surface area contributed by atoms with Gasteiger partial charge in [-0.1, -0.05) is 19.9 Å². The molecule has 0 bridgehead atoms. The quantitative estimate of drug-likeness (QED) is 0.830. The molecular formula is C12H14N2O2. The highest BCUT2D eigenvalue weighted by Crippen LogP contribution is 2.29. The average molecular weight is 218 g/mol. The van der Waals surface area contributed by atoms with E-state index in [9.17, 15) is 4.79 Å². The Morgan fingerprint density at radius 2 is 2.25 bits per heavy atom. The van der Waals surface area contributed by atoms with Crippen molar-refractivity contribution in [3.05, 3.63) is 30.0 Å². The summed E-state index contributed by atoms with van der Waals surface area (Å²) in [4.78, 5) is 10.8. The van der Waals surface area contributed by atoms with Crippen LogP contribution in [0.2, 0.25) is 0 Å². The number of hydrogen-bond donors (Lipinski definition) is 2. The number of carboxylic acid groups (broad SMARTS) is 1. The summed E-state index contributed by atoms with van der Waals surface area (Å²) in [6, 6.07) is 5.87. The van der Waals surface area contributed by atoms with E-state index in [2.05, 4.69) is 10.2 Å². The monoisotopic (exact) mass is 218 g/mol. The van der Waals surface area contributed by atoms with Gasteiger partial charge in [-0.05, 0) is 17.7 Å². The number of H-pyrrole nitrogens is 1. The van der Waals surface area contributed by atoms with E-state index in [1.807, 2.05) is 32.0 Å². The third-order valence-corrected chi connectivity index (χ3v) is 2.81. The first-order valence-electron chi connectivity index (χ1n) is 5.14. The van der Waals surface area contributed by atoms with Gasteiger partial charge in [-0.3, -0.25) is 9.89 Å². The highest BCUT2D eigenvalue weighted by molar-refractivity contribution is 5.79. The Bertz CT molecular complexity index is 529. The number of benzene rings is 1. The predicted octanol–water partition coefficient (Wildman–Crippen LogP) is 2.32. The molecule has 1 aromatic heterocycles. The normalized spacial score (nSPS) is 11.9. The molecule has 0 atom stereocenters. The number of aliphatic carboxylic acids is 1. The third kappa shape index (κ3) is 1.91. The number of carbonyl (C=O) groups is 1. The summed E-state index contributed by atoms with van der Waals surface area (Å²) in [5.41, 5.74) is 1.62. The molecule has 0 amide bonds. The molecule has 4 heteroatoms. The fraction of sp³-hybridized carbons (Fsp3) is 0.333. The summed E-state index contributed by atoms with van der Waals surface area (Å²) in [7, 11) is 0. The number of fused-ring (bicyclic) bond motifs is 1. The number of nitrogens with zero attached hydrogens (tertiary/aromatic N) is 1. The topological polar surface area (TPSA) is 66.0 Å². The summed E-state index contributed by atoms with van der Waals surface area (Å²) in [5.74, 6) is -0.780. The van der Waals surface area contributed by atoms with Crippen LogP contribution in [0.3, 0.4) is 0 Å². The first kappa shape index (κ1) is 10.7. The second-order valence-electron chi connectivity index (χ2n) is 4.63. The second-order valence-corrected chi connectivity index (χ2v) is 4.63. The van der Waals surface area contributed by atoms with E-state index in [1.165, 1.54) is 0 Å². The second kappa shape index (κ2) is 3.63. The van der Waals surface area contributed by atoms with Gasteiger partial charge in [-0.2, -0.15) is 5.10 Å². The number of aromatic amines is 1. The lowest BCUT2D eigenvalue weighted by molar-refractivity contribution is -0.138. The predicted molar refractivity (Wildman–Crippen MR) is 61.4 cm³/mol. The minimum Gasteiger partial charge on any atom is -0.481 e. The molecule has 1 heterocycles. The molecule has 0 spiro atoms. The molecule has 16 heavy (non-hydrogen) atoms. The maximum atomic E-state index is 10.8. The maximum absolute atomic E-state index is 10.8. The van der Waals surface area contributed by atoms with Crippen LogP contribution in [0.4, 0.5) is 0 Å². The van der Waals surface area contributed by atoms with E-state index in [-0.39, 0.29) is 11.8 Å². The van der Waals surface area contributed by atoms with E-state index in [0.717, 1.165) is 16.5 Å². The summed E-state index contributed by atoms with van der Waals surface area (Å²) in [6.07, 6.45) is 1.87. The number of aromatic nitrogens is 2. The van der Waals surface area contributed by atoms with E-state index in [1.54, 1.807) is 6.20 Å². The van der Waals surface area contributed by atoms with Gasteiger partial charge in [0.25, 0.3) is 0 Å². The largest absolute Gasteiger partial charge is 0.481 e. The molecule has 0 radical (unpaired) electrons. The zero-order valence-electron chi connectivity index (χ0n) is 9.32. The van der Waals surface area contributed by atoms with Crippen LogP contribution in [0.15, 0.2) is 24.4 Å². The lowest BCUT2D eigenvalue weighted by Gasteiger charge is -2.23. The first-order valence-corrected chi connectivity index (χ1v) is 5.14. The first-order chi connectivity index (χ1) is 7.49. The van der Waals surface area contributed by atoms with Crippen LogP contribution in [0.1, 0.15) is 25.8 Å². The summed E-state index contributed by atoms with van der Waals surface area (Å²) in [6.45, 7) is 3.87. The van der Waals surface area contributed by atoms with Gasteiger partial charge in [0.15, 0.2) is 0 Å². The molecule has 0 aliphatic rings. The van der Waals surface area contributed by atoms with Crippen molar-refractivity contribution in [1.29, 1.82) is 0 Å². The Morgan fingerprint density at radius 1 is 1.50 bits per heavy atom. The fourth-order valence-electron chi connectivity index (χ4n) is 1.84. The van der Waals surface area contributed by atoms with Crippen molar-refractivity contribution in [2.24, 2.45) is 0 Å². The van der Waals surface area contributed by atoms with Crippen LogP contribution in [-0.4, -0.2) is 21.3 Å². The van der Waals surface area contributed by atoms with Crippen LogP contribution in [0, 0.1) is 0 Å². The molecule has 0 fully saturated rings. The Labute approximate surface area is 93.3 Å². The van der Waals surface area contributed by atoms with Crippen molar-refractivity contribution >= 4 is 16.9 Å². The minimum atomic E-state index is -0.780. The van der Waals surface area contributed by atoms with Gasteiger partial charge < -0.3 is 5.11 Å². The standard InChI is InChI=1S/C12H14N2O2/c1-12(2,6-11(15)16)9-3-4-10-8(5-9)7-13-14-10/h3-5,7H,6H2,1-2H3,(H,13,14)(H,15,16). The molecule has 0 aliphatic heterocycles. The molecule has 84 valence electrons. The van der Waals surface area contributed by atoms with Crippen molar-refractivity contribution in [3.63, 3.8) is 0 Å². The zero-order chi connectivity index (χ0) is 11.8. The fourth-order valence-corrected chi connectivity index (χ4v) is 1.84. The number of carboxylic acids is 1. The van der Waals surface area contributed by atoms with Crippen LogP contribution in [-0.2, 0) is 10.2 Å². The van der Waals surface area contributed by atoms with Gasteiger partial charge in [0.1, 0.15) is 0 Å². The summed E-state index contributed by atoms with van der Waals surface area (Å²) >= 11 is 0. The van der Waals surface area contributed by atoms with Crippen molar-refractivity contribution in [2.45, 2.75) is 25.7 Å². The number of nitrogens with one attached hydrogen (secondary N) is 1. The van der Waals surface area contributed by atoms with E-state index in [4.69, 9.17) is 5.11 Å². The Balaban J connectivity index is 2.41. The minimum absolute atomic E-state index is 0.121. The SMILES string of the molecule is CC(C)(CC(=O)O)c1ccc2[nH]ncc2c1. The Kier molecular flexibility index (Phi) is 2.42. The summed E-state index contributed by atoms with van der Waals surface area (Å²) < 4.78 is 0. The molecule has 0 saturated heterocycles. The lowest BCUT2D eigenvalue weighted by atomic mass is 9.81. The molecule has 0 aliphatic carbocycles. The highest BCUT2D eigenvalue weighted by Gasteiger charge is 2.24. The van der Waals surface area contributed by atoms with Gasteiger partial charge >= 0.3 is 5.97 Å². The van der Waals surface area contributed by atoms with E-state index in [0.29, 0.717) is 0 Å². The molecule has 0 unspecified atom stereocenters. The van der Waals surface area contributed by atoms with Crippen molar-refractivity contribution in [2.75, 3.05) is 0 Å². The smallest absolute Gasteiger partial charge is 0.304 e. The van der Waals surface area contributed by atoms with Crippen LogP contribution < -0.4 is 0 Å². The number of hydrogen-bond acceptors (Lipinski definition) is 2. The van der Waals surface area contributed by atoms with Crippen LogP contribution >= 0.6 is 0 Å². The zero-order valence-corrected chi connectivity index (χ0v) is 9.32. The lowest BCUT2D eigenvalue weighted by Crippen LogP contribution is -2.21. The van der Waals surface area contributed by atoms with Gasteiger partial charge in [0.05, 0.1) is 18.1 Å². The van der Waals surface area contributed by atoms with Crippen molar-refractivity contribution in [1.82, 2.24) is 10.2 Å². The molecule has 1 aromatic carbocycles. The van der Waals surface area contributed by atoms with E-state index < -0.39 is 5.97 Å². The maximum Gasteiger partial charge on any atom is 0.304 e. The van der Waals surface area contributed by atoms with Gasteiger partial charge in [-0.15, -0.1) is 0 Å². The Hall–Kier alpha value is -1.84. The third-order valence-electron chi connectivity index (χ3n) is 2.81. The van der Waals surface area contributed by atoms with E-state index >= 15 is 0 Å².